The Morgan fingerprint density at radius 1 is 1.05 bits per heavy atom. The van der Waals surface area contributed by atoms with Crippen LogP contribution in [0.25, 0.3) is 0 Å². The number of carbonyl (C=O) groups is 2. The van der Waals surface area contributed by atoms with Crippen molar-refractivity contribution in [2.45, 2.75) is 57.7 Å². The number of amides is 4. The fourth-order valence-electron chi connectivity index (χ4n) is 4.87. The summed E-state index contributed by atoms with van der Waals surface area (Å²) >= 11 is 24.4. The molecule has 1 heterocycles. The van der Waals surface area contributed by atoms with Crippen molar-refractivity contribution in [3.8, 4) is 0 Å². The molecule has 0 aromatic heterocycles. The Balaban J connectivity index is 1.66. The van der Waals surface area contributed by atoms with Crippen LogP contribution in [0.4, 0.5) is 21.0 Å². The van der Waals surface area contributed by atoms with Crippen LogP contribution in [0.1, 0.15) is 46.0 Å². The second-order valence-corrected chi connectivity index (χ2v) is 11.3. The van der Waals surface area contributed by atoms with Gasteiger partial charge in [0.1, 0.15) is 0 Å². The zero-order valence-corrected chi connectivity index (χ0v) is 23.5. The molecule has 0 spiro atoms. The summed E-state index contributed by atoms with van der Waals surface area (Å²) in [5.74, 6) is 0. The van der Waals surface area contributed by atoms with E-state index >= 15 is 0 Å². The number of benzene rings is 2. The van der Waals surface area contributed by atoms with Crippen LogP contribution in [-0.2, 0) is 0 Å². The molecule has 1 aliphatic carbocycles. The van der Waals surface area contributed by atoms with Gasteiger partial charge in [0.25, 0.3) is 0 Å². The van der Waals surface area contributed by atoms with Crippen LogP contribution < -0.4 is 10.2 Å². The molecule has 4 amide bonds. The smallest absolute Gasteiger partial charge is 0.315 e. The van der Waals surface area contributed by atoms with E-state index in [0.717, 1.165) is 25.7 Å². The van der Waals surface area contributed by atoms with E-state index < -0.39 is 17.7 Å². The molecule has 0 saturated carbocycles. The summed E-state index contributed by atoms with van der Waals surface area (Å²) in [7, 11) is 0. The second-order valence-electron chi connectivity index (χ2n) is 9.69. The highest BCUT2D eigenvalue weighted by Crippen LogP contribution is 2.40. The molecular weight excluding hydrogens is 558 g/mol. The lowest BCUT2D eigenvalue weighted by atomic mass is 9.95. The van der Waals surface area contributed by atoms with Crippen LogP contribution in [0.5, 0.6) is 0 Å². The normalized spacial score (nSPS) is 19.2. The van der Waals surface area contributed by atoms with E-state index in [1.807, 2.05) is 13.8 Å². The van der Waals surface area contributed by atoms with Crippen molar-refractivity contribution in [1.29, 1.82) is 0 Å². The Kier molecular flexibility index (Phi) is 8.51. The second kappa shape index (κ2) is 11.3. The zero-order chi connectivity index (χ0) is 26.9. The molecule has 1 saturated heterocycles. The molecule has 11 heteroatoms. The number of hydrogen-bond donors (Lipinski definition) is 2. The number of carbonyl (C=O) groups excluding carboxylic acids is 2. The van der Waals surface area contributed by atoms with Gasteiger partial charge in [0.05, 0.1) is 25.6 Å². The molecule has 2 N–H and O–H groups in total. The van der Waals surface area contributed by atoms with Gasteiger partial charge in [-0.05, 0) is 82.3 Å². The fraction of sp³-hybridized carbons (Fsp3) is 0.385. The van der Waals surface area contributed by atoms with Crippen molar-refractivity contribution < 1.29 is 14.8 Å². The van der Waals surface area contributed by atoms with Crippen LogP contribution in [-0.4, -0.2) is 45.5 Å². The Morgan fingerprint density at radius 2 is 1.73 bits per heavy atom. The number of anilines is 2. The average Bonchev–Trinajstić information content (AvgIpc) is 3.06. The number of nitrogens with zero attached hydrogens (tertiary/aromatic N) is 3. The number of nitrogens with one attached hydrogen (secondary N) is 1. The SMILES string of the molecule is CC1(C)C(N(O)C(=O)Nc2ccc(Cl)c(Cl)c2)N(c2ccc(Cl)c(Cl)c2)C(=O)N1CCC1=CCCCC1. The molecule has 2 aromatic carbocycles. The van der Waals surface area contributed by atoms with Gasteiger partial charge in [-0.1, -0.05) is 58.1 Å². The summed E-state index contributed by atoms with van der Waals surface area (Å²) in [6.45, 7) is 4.07. The summed E-state index contributed by atoms with van der Waals surface area (Å²) in [6.07, 6.45) is 6.26. The van der Waals surface area contributed by atoms with Crippen molar-refractivity contribution in [1.82, 2.24) is 9.96 Å². The first-order valence-electron chi connectivity index (χ1n) is 12.0. The summed E-state index contributed by atoms with van der Waals surface area (Å²) < 4.78 is 0. The lowest BCUT2D eigenvalue weighted by Crippen LogP contribution is -2.58. The molecule has 198 valence electrons. The number of rotatable bonds is 6. The third-order valence-electron chi connectivity index (χ3n) is 6.84. The Hall–Kier alpha value is -2.16. The van der Waals surface area contributed by atoms with Crippen LogP contribution in [0.15, 0.2) is 48.0 Å². The number of hydroxylamine groups is 2. The molecule has 1 aliphatic heterocycles. The van der Waals surface area contributed by atoms with E-state index in [9.17, 15) is 14.8 Å². The third kappa shape index (κ3) is 5.81. The van der Waals surface area contributed by atoms with Crippen molar-refractivity contribution in [2.75, 3.05) is 16.8 Å². The first-order valence-corrected chi connectivity index (χ1v) is 13.5. The maximum Gasteiger partial charge on any atom is 0.347 e. The van der Waals surface area contributed by atoms with Crippen molar-refractivity contribution in [3.63, 3.8) is 0 Å². The summed E-state index contributed by atoms with van der Waals surface area (Å²) in [5.41, 5.74) is 1.08. The number of halogens is 4. The first-order chi connectivity index (χ1) is 17.5. The van der Waals surface area contributed by atoms with Gasteiger partial charge in [-0.2, -0.15) is 5.06 Å². The molecule has 0 bridgehead atoms. The summed E-state index contributed by atoms with van der Waals surface area (Å²) in [6, 6.07) is 8.12. The van der Waals surface area contributed by atoms with Gasteiger partial charge >= 0.3 is 12.1 Å². The van der Waals surface area contributed by atoms with E-state index in [1.54, 1.807) is 29.2 Å². The van der Waals surface area contributed by atoms with Gasteiger partial charge in [-0.3, -0.25) is 10.1 Å². The van der Waals surface area contributed by atoms with Crippen molar-refractivity contribution >= 4 is 69.8 Å². The Labute approximate surface area is 236 Å². The van der Waals surface area contributed by atoms with Gasteiger partial charge in [0.2, 0.25) is 0 Å². The number of hydrogen-bond acceptors (Lipinski definition) is 3. The summed E-state index contributed by atoms with van der Waals surface area (Å²) in [4.78, 5) is 30.1. The van der Waals surface area contributed by atoms with Gasteiger partial charge in [0.15, 0.2) is 6.17 Å². The molecule has 37 heavy (non-hydrogen) atoms. The van der Waals surface area contributed by atoms with E-state index in [1.165, 1.54) is 29.0 Å². The molecule has 7 nitrogen and oxygen atoms in total. The molecular formula is C26H28Cl4N4O3. The monoisotopic (exact) mass is 584 g/mol. The number of allylic oxidation sites excluding steroid dienone is 1. The standard InChI is InChI=1S/C26H28Cl4N4O3/c1-26(2)23(34(37)24(35)31-17-8-10-19(27)21(29)14-17)33(18-9-11-20(28)22(30)15-18)25(36)32(26)13-12-16-6-4-3-5-7-16/h6,8-11,14-15,23,37H,3-5,7,12-13H2,1-2H3,(H,31,35). The van der Waals surface area contributed by atoms with Crippen molar-refractivity contribution in [3.05, 3.63) is 68.1 Å². The highest BCUT2D eigenvalue weighted by Gasteiger charge is 2.56. The quantitative estimate of drug-likeness (QED) is 0.203. The maximum atomic E-state index is 13.8. The predicted molar refractivity (Wildman–Crippen MR) is 149 cm³/mol. The lowest BCUT2D eigenvalue weighted by molar-refractivity contribution is -0.0947. The summed E-state index contributed by atoms with van der Waals surface area (Å²) in [5, 5.41) is 15.5. The van der Waals surface area contributed by atoms with Gasteiger partial charge in [-0.15, -0.1) is 0 Å². The van der Waals surface area contributed by atoms with Gasteiger partial charge < -0.3 is 10.2 Å². The predicted octanol–water partition coefficient (Wildman–Crippen LogP) is 8.46. The lowest BCUT2D eigenvalue weighted by Gasteiger charge is -2.38. The topological polar surface area (TPSA) is 76.1 Å². The molecule has 2 aliphatic rings. The van der Waals surface area contributed by atoms with E-state index in [0.29, 0.717) is 33.0 Å². The van der Waals surface area contributed by atoms with E-state index in [-0.39, 0.29) is 16.1 Å². The largest absolute Gasteiger partial charge is 0.347 e. The Bertz CT molecular complexity index is 1240. The zero-order valence-electron chi connectivity index (χ0n) is 20.5. The minimum Gasteiger partial charge on any atom is -0.315 e. The minimum atomic E-state index is -1.08. The highest BCUT2D eigenvalue weighted by molar-refractivity contribution is 6.42. The van der Waals surface area contributed by atoms with E-state index in [4.69, 9.17) is 46.4 Å². The number of urea groups is 2. The Morgan fingerprint density at radius 3 is 2.35 bits per heavy atom. The molecule has 4 rings (SSSR count). The van der Waals surface area contributed by atoms with Crippen LogP contribution in [0, 0.1) is 0 Å². The van der Waals surface area contributed by atoms with Crippen LogP contribution in [0.3, 0.4) is 0 Å². The van der Waals surface area contributed by atoms with Gasteiger partial charge in [0, 0.05) is 17.9 Å². The van der Waals surface area contributed by atoms with Crippen LogP contribution in [0.2, 0.25) is 20.1 Å². The third-order valence-corrected chi connectivity index (χ3v) is 8.32. The average molecular weight is 586 g/mol. The van der Waals surface area contributed by atoms with Gasteiger partial charge in [-0.25, -0.2) is 9.59 Å². The molecule has 1 atom stereocenters. The fourth-order valence-corrected chi connectivity index (χ4v) is 5.46. The molecule has 0 radical (unpaired) electrons. The molecule has 1 unspecified atom stereocenters. The van der Waals surface area contributed by atoms with E-state index in [2.05, 4.69) is 11.4 Å². The highest BCUT2D eigenvalue weighted by atomic mass is 35.5. The van der Waals surface area contributed by atoms with Crippen molar-refractivity contribution in [2.24, 2.45) is 0 Å². The molecule has 1 fully saturated rings. The van der Waals surface area contributed by atoms with Crippen LogP contribution >= 0.6 is 46.4 Å². The molecule has 2 aromatic rings. The maximum absolute atomic E-state index is 13.8. The minimum absolute atomic E-state index is 0.249. The first kappa shape index (κ1) is 27.9.